The zero-order valence-corrected chi connectivity index (χ0v) is 12.0. The normalized spacial score (nSPS) is 23.6. The molecule has 1 aromatic rings. The Morgan fingerprint density at radius 2 is 2.00 bits per heavy atom. The molecule has 1 unspecified atom stereocenters. The monoisotopic (exact) mass is 272 g/mol. The van der Waals surface area contributed by atoms with E-state index in [2.05, 4.69) is 29.6 Å². The highest BCUT2D eigenvalue weighted by molar-refractivity contribution is 5.83. The van der Waals surface area contributed by atoms with Gasteiger partial charge in [0.05, 0.1) is 5.41 Å². The van der Waals surface area contributed by atoms with Crippen LogP contribution < -0.4 is 11.1 Å². The molecule has 1 saturated carbocycles. The van der Waals surface area contributed by atoms with Crippen molar-refractivity contribution in [2.75, 3.05) is 13.1 Å². The van der Waals surface area contributed by atoms with E-state index in [1.165, 1.54) is 17.5 Å². The lowest BCUT2D eigenvalue weighted by Crippen LogP contribution is -2.48. The van der Waals surface area contributed by atoms with Crippen molar-refractivity contribution in [2.45, 2.75) is 44.4 Å². The average Bonchev–Trinajstić information content (AvgIpc) is 2.48. The lowest BCUT2D eigenvalue weighted by molar-refractivity contribution is -0.132. The molecule has 108 valence electrons. The number of hydrogen-bond acceptors (Lipinski definition) is 2. The highest BCUT2D eigenvalue weighted by Crippen LogP contribution is 2.37. The van der Waals surface area contributed by atoms with Gasteiger partial charge in [0.25, 0.3) is 0 Å². The maximum absolute atomic E-state index is 12.5. The Kier molecular flexibility index (Phi) is 3.79. The molecule has 0 bridgehead atoms. The molecule has 0 radical (unpaired) electrons. The number of nitrogens with two attached hydrogens (primary N) is 1. The molecular weight excluding hydrogens is 248 g/mol. The van der Waals surface area contributed by atoms with E-state index in [1.807, 2.05) is 0 Å². The van der Waals surface area contributed by atoms with Crippen molar-refractivity contribution < 1.29 is 4.79 Å². The van der Waals surface area contributed by atoms with E-state index in [0.29, 0.717) is 12.5 Å². The fourth-order valence-corrected chi connectivity index (χ4v) is 3.70. The van der Waals surface area contributed by atoms with E-state index in [4.69, 9.17) is 5.73 Å². The number of hydrogen-bond donors (Lipinski definition) is 2. The van der Waals surface area contributed by atoms with E-state index in [1.54, 1.807) is 0 Å². The zero-order valence-electron chi connectivity index (χ0n) is 12.0. The molecule has 3 N–H and O–H groups in total. The molecule has 3 nitrogen and oxygen atoms in total. The molecule has 1 fully saturated rings. The molecule has 3 heteroatoms. The van der Waals surface area contributed by atoms with Crippen molar-refractivity contribution in [2.24, 2.45) is 11.1 Å². The molecule has 1 atom stereocenters. The summed E-state index contributed by atoms with van der Waals surface area (Å²) in [6.45, 7) is 1.25. The summed E-state index contributed by atoms with van der Waals surface area (Å²) in [6, 6.07) is 8.51. The fraction of sp³-hybridized carbons (Fsp3) is 0.588. The Morgan fingerprint density at radius 1 is 1.25 bits per heavy atom. The molecule has 0 aromatic heterocycles. The topological polar surface area (TPSA) is 55.1 Å². The van der Waals surface area contributed by atoms with Crippen molar-refractivity contribution in [3.8, 4) is 0 Å². The minimum absolute atomic E-state index is 0.184. The maximum atomic E-state index is 12.5. The number of carbonyl (C=O) groups is 1. The van der Waals surface area contributed by atoms with Crippen LogP contribution in [-0.4, -0.2) is 19.0 Å². The van der Waals surface area contributed by atoms with Crippen molar-refractivity contribution in [3.05, 3.63) is 35.4 Å². The molecule has 2 aliphatic carbocycles. The zero-order chi connectivity index (χ0) is 14.0. The van der Waals surface area contributed by atoms with Crippen molar-refractivity contribution in [3.63, 3.8) is 0 Å². The van der Waals surface area contributed by atoms with Gasteiger partial charge in [-0.1, -0.05) is 43.5 Å². The van der Waals surface area contributed by atoms with E-state index in [-0.39, 0.29) is 11.3 Å². The number of amides is 1. The molecule has 0 saturated heterocycles. The van der Waals surface area contributed by atoms with Gasteiger partial charge >= 0.3 is 0 Å². The van der Waals surface area contributed by atoms with Gasteiger partial charge in [-0.3, -0.25) is 4.79 Å². The third-order valence-electron chi connectivity index (χ3n) is 5.15. The van der Waals surface area contributed by atoms with Crippen molar-refractivity contribution in [1.82, 2.24) is 5.32 Å². The van der Waals surface area contributed by atoms with Crippen LogP contribution in [0, 0.1) is 5.41 Å². The average molecular weight is 272 g/mol. The third-order valence-corrected chi connectivity index (χ3v) is 5.15. The van der Waals surface area contributed by atoms with Crippen LogP contribution in [-0.2, 0) is 11.2 Å². The summed E-state index contributed by atoms with van der Waals surface area (Å²) in [5.74, 6) is 0.678. The number of rotatable bonds is 4. The molecule has 1 amide bonds. The van der Waals surface area contributed by atoms with Crippen LogP contribution in [0.4, 0.5) is 0 Å². The minimum Gasteiger partial charge on any atom is -0.355 e. The van der Waals surface area contributed by atoms with Crippen LogP contribution in [0.15, 0.2) is 24.3 Å². The number of nitrogens with one attached hydrogen (secondary N) is 1. The second-order valence-corrected chi connectivity index (χ2v) is 6.36. The first-order valence-corrected chi connectivity index (χ1v) is 7.81. The molecule has 0 heterocycles. The van der Waals surface area contributed by atoms with Crippen LogP contribution in [0.3, 0.4) is 0 Å². The number of benzene rings is 1. The number of carbonyl (C=O) groups excluding carboxylic acids is 1. The summed E-state index contributed by atoms with van der Waals surface area (Å²) < 4.78 is 0. The summed E-state index contributed by atoms with van der Waals surface area (Å²) in [7, 11) is 0. The van der Waals surface area contributed by atoms with Gasteiger partial charge in [0.2, 0.25) is 5.91 Å². The van der Waals surface area contributed by atoms with Gasteiger partial charge in [0.15, 0.2) is 0 Å². The summed E-state index contributed by atoms with van der Waals surface area (Å²) in [5.41, 5.74) is 8.45. The van der Waals surface area contributed by atoms with E-state index in [9.17, 15) is 4.79 Å². The van der Waals surface area contributed by atoms with Crippen LogP contribution in [0.2, 0.25) is 0 Å². The van der Waals surface area contributed by atoms with Crippen LogP contribution in [0.25, 0.3) is 0 Å². The summed E-state index contributed by atoms with van der Waals surface area (Å²) >= 11 is 0. The molecule has 2 aliphatic rings. The Morgan fingerprint density at radius 3 is 2.70 bits per heavy atom. The molecule has 20 heavy (non-hydrogen) atoms. The standard InChI is InChI=1S/C17H24N2O/c18-12-17(8-4-1-5-9-17)16(20)19-11-14-10-13-6-2-3-7-15(13)14/h2-3,6-7,14H,1,4-5,8-12,18H2,(H,19,20). The second kappa shape index (κ2) is 5.57. The molecule has 0 spiro atoms. The molecule has 1 aromatic carbocycles. The first-order chi connectivity index (χ1) is 9.75. The highest BCUT2D eigenvalue weighted by Gasteiger charge is 2.38. The lowest BCUT2D eigenvalue weighted by atomic mass is 9.73. The van der Waals surface area contributed by atoms with E-state index in [0.717, 1.165) is 38.6 Å². The van der Waals surface area contributed by atoms with E-state index >= 15 is 0 Å². The minimum atomic E-state index is -0.290. The Bertz CT molecular complexity index is 492. The van der Waals surface area contributed by atoms with Crippen molar-refractivity contribution in [1.29, 1.82) is 0 Å². The predicted molar refractivity (Wildman–Crippen MR) is 80.5 cm³/mol. The highest BCUT2D eigenvalue weighted by atomic mass is 16.2. The second-order valence-electron chi connectivity index (χ2n) is 6.36. The summed E-state index contributed by atoms with van der Waals surface area (Å²) in [6.07, 6.45) is 6.51. The van der Waals surface area contributed by atoms with Crippen LogP contribution in [0.5, 0.6) is 0 Å². The lowest BCUT2D eigenvalue weighted by Gasteiger charge is -2.36. The van der Waals surface area contributed by atoms with Gasteiger partial charge in [-0.25, -0.2) is 0 Å². The van der Waals surface area contributed by atoms with Gasteiger partial charge < -0.3 is 11.1 Å². The summed E-state index contributed by atoms with van der Waals surface area (Å²) in [5, 5.41) is 3.17. The number of fused-ring (bicyclic) bond motifs is 1. The van der Waals surface area contributed by atoms with Crippen LogP contribution >= 0.6 is 0 Å². The van der Waals surface area contributed by atoms with Crippen molar-refractivity contribution >= 4 is 5.91 Å². The largest absolute Gasteiger partial charge is 0.355 e. The molecular formula is C17H24N2O. The molecule has 0 aliphatic heterocycles. The Labute approximate surface area is 120 Å². The Hall–Kier alpha value is -1.35. The van der Waals surface area contributed by atoms with E-state index < -0.39 is 0 Å². The summed E-state index contributed by atoms with van der Waals surface area (Å²) in [4.78, 5) is 12.5. The maximum Gasteiger partial charge on any atom is 0.227 e. The SMILES string of the molecule is NCC1(C(=O)NCC2Cc3ccccc32)CCCCC1. The van der Waals surface area contributed by atoms with Gasteiger partial charge in [-0.15, -0.1) is 0 Å². The van der Waals surface area contributed by atoms with Gasteiger partial charge in [-0.05, 0) is 30.4 Å². The molecule has 3 rings (SSSR count). The fourth-order valence-electron chi connectivity index (χ4n) is 3.70. The Balaban J connectivity index is 1.57. The quantitative estimate of drug-likeness (QED) is 0.884. The van der Waals surface area contributed by atoms with Crippen LogP contribution in [0.1, 0.15) is 49.1 Å². The van der Waals surface area contributed by atoms with Gasteiger partial charge in [0.1, 0.15) is 0 Å². The van der Waals surface area contributed by atoms with Gasteiger partial charge in [0, 0.05) is 19.0 Å². The third kappa shape index (κ3) is 2.35. The predicted octanol–water partition coefficient (Wildman–Crippen LogP) is 2.35. The van der Waals surface area contributed by atoms with Gasteiger partial charge in [-0.2, -0.15) is 0 Å². The smallest absolute Gasteiger partial charge is 0.227 e. The first kappa shape index (κ1) is 13.6. The first-order valence-electron chi connectivity index (χ1n) is 7.81.